The molecule has 1 fully saturated rings. The molecule has 5 rings (SSSR count). The Kier molecular flexibility index (Phi) is 8.78. The van der Waals surface area contributed by atoms with Crippen LogP contribution >= 0.6 is 15.9 Å². The van der Waals surface area contributed by atoms with E-state index in [2.05, 4.69) is 45.1 Å². The molecular weight excluding hydrogens is 580 g/mol. The van der Waals surface area contributed by atoms with Crippen molar-refractivity contribution in [2.24, 2.45) is 5.92 Å². The maximum atomic E-state index is 13.0. The minimum atomic E-state index is -1.31. The lowest BCUT2D eigenvalue weighted by molar-refractivity contribution is -0.144. The molecule has 7 heteroatoms. The van der Waals surface area contributed by atoms with Gasteiger partial charge in [0.15, 0.2) is 0 Å². The van der Waals surface area contributed by atoms with E-state index in [1.54, 1.807) is 7.11 Å². The van der Waals surface area contributed by atoms with Crippen molar-refractivity contribution in [3.8, 4) is 5.88 Å². The number of halogens is 1. The summed E-state index contributed by atoms with van der Waals surface area (Å²) in [4.78, 5) is 19.4. The number of hydrogen-bond acceptors (Lipinski definition) is 6. The number of rotatable bonds is 11. The van der Waals surface area contributed by atoms with Crippen LogP contribution in [0.15, 0.2) is 83.3 Å². The first kappa shape index (κ1) is 29.2. The van der Waals surface area contributed by atoms with Gasteiger partial charge in [-0.1, -0.05) is 70.5 Å². The summed E-state index contributed by atoms with van der Waals surface area (Å²) in [5.41, 5.74) is 3.12. The predicted molar refractivity (Wildman–Crippen MR) is 165 cm³/mol. The monoisotopic (exact) mass is 616 g/mol. The molecule has 0 bridgehead atoms. The van der Waals surface area contributed by atoms with Gasteiger partial charge in [0.25, 0.3) is 0 Å². The number of nitrogens with zero attached hydrogens (tertiary/aromatic N) is 2. The van der Waals surface area contributed by atoms with Crippen LogP contribution in [0.1, 0.15) is 53.9 Å². The molecule has 4 aromatic rings. The Morgan fingerprint density at radius 2 is 1.88 bits per heavy atom. The van der Waals surface area contributed by atoms with Crippen molar-refractivity contribution in [2.45, 2.75) is 37.2 Å². The van der Waals surface area contributed by atoms with E-state index in [4.69, 9.17) is 14.5 Å². The molecule has 0 unspecified atom stereocenters. The fourth-order valence-corrected chi connectivity index (χ4v) is 6.21. The number of aromatic nitrogens is 1. The number of carbonyl (C=O) groups excluding carboxylic acids is 1. The number of hydrogen-bond donors (Lipinski definition) is 1. The molecule has 1 aliphatic carbocycles. The highest BCUT2D eigenvalue weighted by Crippen LogP contribution is 2.51. The lowest BCUT2D eigenvalue weighted by Crippen LogP contribution is -2.38. The van der Waals surface area contributed by atoms with Gasteiger partial charge in [0, 0.05) is 27.9 Å². The number of carbonyl (C=O) groups is 1. The second-order valence-corrected chi connectivity index (χ2v) is 12.0. The maximum Gasteiger partial charge on any atom is 0.309 e. The highest BCUT2D eigenvalue weighted by atomic mass is 79.9. The number of methoxy groups -OCH3 is 1. The van der Waals surface area contributed by atoms with Crippen molar-refractivity contribution in [3.05, 3.63) is 106 Å². The average molecular weight is 618 g/mol. The van der Waals surface area contributed by atoms with Gasteiger partial charge < -0.3 is 19.5 Å². The second kappa shape index (κ2) is 12.3. The van der Waals surface area contributed by atoms with Gasteiger partial charge in [0.05, 0.1) is 25.2 Å². The van der Waals surface area contributed by atoms with E-state index in [9.17, 15) is 9.90 Å². The van der Waals surface area contributed by atoms with Gasteiger partial charge >= 0.3 is 5.97 Å². The van der Waals surface area contributed by atoms with Crippen LogP contribution in [0.25, 0.3) is 10.9 Å². The Balaban J connectivity index is 1.68. The van der Waals surface area contributed by atoms with E-state index in [0.29, 0.717) is 25.5 Å². The summed E-state index contributed by atoms with van der Waals surface area (Å²) in [6, 6.07) is 26.2. The molecule has 214 valence electrons. The van der Waals surface area contributed by atoms with Crippen LogP contribution in [-0.2, 0) is 15.1 Å². The van der Waals surface area contributed by atoms with Crippen LogP contribution in [0.3, 0.4) is 0 Å². The standard InChI is InChI=1S/C34H37BrN2O4/c1-5-41-33(38)28-21-27(28)23-12-9-13-25(18-23)34(39,16-17-37(2)3)31(22-10-7-6-8-11-22)29-20-24-19-26(35)14-15-30(24)36-32(29)40-4/h6-15,18-20,27-28,31,39H,5,16-17,21H2,1-4H3/t27-,28-,31-,34-/m1/s1. The molecule has 0 spiro atoms. The zero-order valence-corrected chi connectivity index (χ0v) is 25.6. The Bertz CT molecular complexity index is 1530. The molecule has 1 aromatic heterocycles. The van der Waals surface area contributed by atoms with Crippen LogP contribution < -0.4 is 4.74 Å². The molecule has 1 heterocycles. The second-order valence-electron chi connectivity index (χ2n) is 11.1. The lowest BCUT2D eigenvalue weighted by Gasteiger charge is -2.39. The highest BCUT2D eigenvalue weighted by Gasteiger charge is 2.47. The summed E-state index contributed by atoms with van der Waals surface area (Å²) in [7, 11) is 5.65. The summed E-state index contributed by atoms with van der Waals surface area (Å²) in [6.07, 6.45) is 1.23. The van der Waals surface area contributed by atoms with E-state index in [1.165, 1.54) is 0 Å². The zero-order chi connectivity index (χ0) is 29.1. The molecule has 6 nitrogen and oxygen atoms in total. The van der Waals surface area contributed by atoms with Crippen molar-refractivity contribution >= 4 is 32.8 Å². The summed E-state index contributed by atoms with van der Waals surface area (Å²) >= 11 is 3.60. The van der Waals surface area contributed by atoms with Gasteiger partial charge in [-0.2, -0.15) is 0 Å². The van der Waals surface area contributed by atoms with Crippen molar-refractivity contribution in [1.29, 1.82) is 0 Å². The van der Waals surface area contributed by atoms with Crippen LogP contribution in [0.2, 0.25) is 0 Å². The normalized spacial score (nSPS) is 18.6. The van der Waals surface area contributed by atoms with Crippen molar-refractivity contribution in [3.63, 3.8) is 0 Å². The van der Waals surface area contributed by atoms with E-state index < -0.39 is 11.5 Å². The molecular formula is C34H37BrN2O4. The Hall–Kier alpha value is -3.26. The summed E-state index contributed by atoms with van der Waals surface area (Å²) in [6.45, 7) is 2.87. The van der Waals surface area contributed by atoms with Crippen molar-refractivity contribution < 1.29 is 19.4 Å². The minimum Gasteiger partial charge on any atom is -0.481 e. The minimum absolute atomic E-state index is 0.0940. The van der Waals surface area contributed by atoms with Gasteiger partial charge in [-0.15, -0.1) is 0 Å². The fourth-order valence-electron chi connectivity index (χ4n) is 5.84. The largest absolute Gasteiger partial charge is 0.481 e. The van der Waals surface area contributed by atoms with Gasteiger partial charge in [0.2, 0.25) is 5.88 Å². The first-order chi connectivity index (χ1) is 19.7. The third-order valence-electron chi connectivity index (χ3n) is 8.02. The van der Waals surface area contributed by atoms with Gasteiger partial charge in [0.1, 0.15) is 5.60 Å². The number of fused-ring (bicyclic) bond motifs is 1. The molecule has 1 aliphatic rings. The van der Waals surface area contributed by atoms with E-state index in [-0.39, 0.29) is 17.8 Å². The SMILES string of the molecule is CCOC(=O)[C@@H]1C[C@@H]1c1cccc([C@](O)(CCN(C)C)[C@H](c2ccccc2)c2cc3cc(Br)ccc3nc2OC)c1. The van der Waals surface area contributed by atoms with Crippen LogP contribution in [0.4, 0.5) is 0 Å². The molecule has 0 saturated heterocycles. The molecule has 41 heavy (non-hydrogen) atoms. The van der Waals surface area contributed by atoms with Crippen LogP contribution in [-0.4, -0.2) is 55.3 Å². The van der Waals surface area contributed by atoms with Crippen LogP contribution in [0.5, 0.6) is 5.88 Å². The Morgan fingerprint density at radius 3 is 2.59 bits per heavy atom. The number of aliphatic hydroxyl groups is 1. The Labute approximate surface area is 250 Å². The molecule has 0 aliphatic heterocycles. The average Bonchev–Trinajstić information content (AvgIpc) is 3.78. The van der Waals surface area contributed by atoms with Crippen molar-refractivity contribution in [1.82, 2.24) is 9.88 Å². The number of ether oxygens (including phenoxy) is 2. The highest BCUT2D eigenvalue weighted by molar-refractivity contribution is 9.10. The van der Waals surface area contributed by atoms with E-state index in [1.807, 2.05) is 75.6 Å². The number of esters is 1. The molecule has 0 radical (unpaired) electrons. The summed E-state index contributed by atoms with van der Waals surface area (Å²) in [5, 5.41) is 14.0. The molecule has 1 N–H and O–H groups in total. The smallest absolute Gasteiger partial charge is 0.309 e. The number of pyridine rings is 1. The van der Waals surface area contributed by atoms with E-state index >= 15 is 0 Å². The zero-order valence-electron chi connectivity index (χ0n) is 24.0. The molecule has 1 saturated carbocycles. The summed E-state index contributed by atoms with van der Waals surface area (Å²) in [5.74, 6) is -0.182. The quantitative estimate of drug-likeness (QED) is 0.190. The van der Waals surface area contributed by atoms with Gasteiger partial charge in [-0.05, 0) is 80.7 Å². The third kappa shape index (κ3) is 6.17. The van der Waals surface area contributed by atoms with Gasteiger partial charge in [-0.25, -0.2) is 4.98 Å². The fraction of sp³-hybridized carbons (Fsp3) is 0.353. The molecule has 3 aromatic carbocycles. The molecule has 0 amide bonds. The predicted octanol–water partition coefficient (Wildman–Crippen LogP) is 6.64. The Morgan fingerprint density at radius 1 is 1.10 bits per heavy atom. The third-order valence-corrected chi connectivity index (χ3v) is 8.51. The van der Waals surface area contributed by atoms with Gasteiger partial charge in [-0.3, -0.25) is 4.79 Å². The topological polar surface area (TPSA) is 71.9 Å². The molecule has 4 atom stereocenters. The number of benzene rings is 3. The summed E-state index contributed by atoms with van der Waals surface area (Å²) < 4.78 is 12.1. The van der Waals surface area contributed by atoms with Crippen molar-refractivity contribution in [2.75, 3.05) is 34.4 Å². The van der Waals surface area contributed by atoms with E-state index in [0.717, 1.165) is 44.1 Å². The van der Waals surface area contributed by atoms with Crippen LogP contribution in [0, 0.1) is 5.92 Å². The first-order valence-corrected chi connectivity index (χ1v) is 14.9. The maximum absolute atomic E-state index is 13.0. The lowest BCUT2D eigenvalue weighted by atomic mass is 9.71. The first-order valence-electron chi connectivity index (χ1n) is 14.1.